The van der Waals surface area contributed by atoms with Crippen molar-refractivity contribution in [3.8, 4) is 0 Å². The van der Waals surface area contributed by atoms with Crippen LogP contribution in [0.15, 0.2) is 29.2 Å². The highest BCUT2D eigenvalue weighted by atomic mass is 32.2. The Hall–Kier alpha value is -0.653. The predicted octanol–water partition coefficient (Wildman–Crippen LogP) is 3.57. The van der Waals surface area contributed by atoms with Crippen LogP contribution in [0.3, 0.4) is 0 Å². The van der Waals surface area contributed by atoms with Gasteiger partial charge in [0.2, 0.25) is 0 Å². The Morgan fingerprint density at radius 3 is 2.32 bits per heavy atom. The molecule has 2 unspecified atom stereocenters. The van der Waals surface area contributed by atoms with Gasteiger partial charge in [-0.2, -0.15) is 8.42 Å². The summed E-state index contributed by atoms with van der Waals surface area (Å²) in [6.45, 7) is 10.5. The molecule has 1 fully saturated rings. The molecule has 0 amide bonds. The molecule has 0 saturated heterocycles. The van der Waals surface area contributed by atoms with Crippen LogP contribution in [0.5, 0.6) is 0 Å². The van der Waals surface area contributed by atoms with Crippen LogP contribution >= 0.6 is 0 Å². The van der Waals surface area contributed by atoms with E-state index in [0.717, 1.165) is 12.0 Å². The van der Waals surface area contributed by atoms with Gasteiger partial charge >= 0.3 is 0 Å². The lowest BCUT2D eigenvalue weighted by atomic mass is 10.2. The van der Waals surface area contributed by atoms with Crippen LogP contribution < -0.4 is 0 Å². The minimum atomic E-state index is -3.66. The van der Waals surface area contributed by atoms with Gasteiger partial charge in [0.25, 0.3) is 10.1 Å². The molecule has 0 radical (unpaired) electrons. The van der Waals surface area contributed by atoms with Gasteiger partial charge in [-0.3, -0.25) is 4.18 Å². The SMILES string of the molecule is Cc1ccccc1S(=O)(=O)OC1(C)CC1[Si](C)(C)C. The maximum Gasteiger partial charge on any atom is 0.297 e. The average Bonchev–Trinajstić information content (AvgIpc) is 2.89. The van der Waals surface area contributed by atoms with Crippen LogP contribution in [0.4, 0.5) is 0 Å². The second-order valence-corrected chi connectivity index (χ2v) is 13.7. The number of aryl methyl sites for hydroxylation is 1. The van der Waals surface area contributed by atoms with E-state index < -0.39 is 23.8 Å². The third-order valence-corrected chi connectivity index (χ3v) is 8.40. The molecule has 106 valence electrons. The van der Waals surface area contributed by atoms with Crippen molar-refractivity contribution in [3.05, 3.63) is 29.8 Å². The van der Waals surface area contributed by atoms with Gasteiger partial charge in [0.05, 0.1) is 18.6 Å². The first kappa shape index (κ1) is 14.7. The zero-order valence-electron chi connectivity index (χ0n) is 12.2. The normalized spacial score (nSPS) is 27.3. The molecule has 5 heteroatoms. The Morgan fingerprint density at radius 2 is 1.84 bits per heavy atom. The Kier molecular flexibility index (Phi) is 3.44. The van der Waals surface area contributed by atoms with Crippen molar-refractivity contribution < 1.29 is 12.6 Å². The Balaban J connectivity index is 2.23. The molecule has 0 N–H and O–H groups in total. The zero-order chi connectivity index (χ0) is 14.5. The Labute approximate surface area is 117 Å². The first-order chi connectivity index (χ1) is 8.56. The highest BCUT2D eigenvalue weighted by Gasteiger charge is 2.59. The third kappa shape index (κ3) is 2.93. The maximum absolute atomic E-state index is 12.4. The van der Waals surface area contributed by atoms with E-state index in [9.17, 15) is 8.42 Å². The van der Waals surface area contributed by atoms with E-state index in [-0.39, 0.29) is 4.90 Å². The van der Waals surface area contributed by atoms with Gasteiger partial charge in [-0.25, -0.2) is 0 Å². The molecule has 0 aromatic heterocycles. The monoisotopic (exact) mass is 298 g/mol. The second-order valence-electron chi connectivity index (χ2n) is 6.74. The van der Waals surface area contributed by atoms with Crippen LogP contribution in [0.2, 0.25) is 25.2 Å². The minimum Gasteiger partial charge on any atom is -0.260 e. The molecule has 19 heavy (non-hydrogen) atoms. The molecule has 0 aliphatic heterocycles. The van der Waals surface area contributed by atoms with Gasteiger partial charge in [-0.05, 0) is 37.4 Å². The van der Waals surface area contributed by atoms with Crippen LogP contribution in [-0.2, 0) is 14.3 Å². The molecule has 0 spiro atoms. The van der Waals surface area contributed by atoms with Crippen molar-refractivity contribution in [2.45, 2.75) is 55.9 Å². The van der Waals surface area contributed by atoms with Crippen molar-refractivity contribution >= 4 is 18.2 Å². The van der Waals surface area contributed by atoms with Crippen molar-refractivity contribution in [3.63, 3.8) is 0 Å². The summed E-state index contributed by atoms with van der Waals surface area (Å²) in [6.07, 6.45) is 0.855. The lowest BCUT2D eigenvalue weighted by Crippen LogP contribution is -2.28. The number of hydrogen-bond donors (Lipinski definition) is 0. The van der Waals surface area contributed by atoms with E-state index in [1.807, 2.05) is 13.0 Å². The molecule has 0 heterocycles. The maximum atomic E-state index is 12.4. The van der Waals surface area contributed by atoms with E-state index in [2.05, 4.69) is 19.6 Å². The third-order valence-electron chi connectivity index (χ3n) is 3.89. The fourth-order valence-electron chi connectivity index (χ4n) is 2.79. The van der Waals surface area contributed by atoms with E-state index >= 15 is 0 Å². The fraction of sp³-hybridized carbons (Fsp3) is 0.571. The molecular weight excluding hydrogens is 276 g/mol. The second kappa shape index (κ2) is 4.43. The molecule has 2 rings (SSSR count). The van der Waals surface area contributed by atoms with Gasteiger partial charge < -0.3 is 0 Å². The first-order valence-electron chi connectivity index (χ1n) is 6.57. The van der Waals surface area contributed by atoms with Gasteiger partial charge in [0.1, 0.15) is 0 Å². The molecule has 1 aliphatic rings. The summed E-state index contributed by atoms with van der Waals surface area (Å²) in [5.41, 5.74) is 0.654. The Morgan fingerprint density at radius 1 is 1.26 bits per heavy atom. The molecule has 1 aromatic rings. The number of rotatable bonds is 4. The average molecular weight is 298 g/mol. The Bertz CT molecular complexity index is 589. The number of benzene rings is 1. The summed E-state index contributed by atoms with van der Waals surface area (Å²) in [7, 11) is -5.02. The smallest absolute Gasteiger partial charge is 0.260 e. The van der Waals surface area contributed by atoms with Crippen LogP contribution in [0.25, 0.3) is 0 Å². The molecule has 1 aliphatic carbocycles. The molecular formula is C14H22O3SSi. The van der Waals surface area contributed by atoms with Crippen LogP contribution in [0.1, 0.15) is 18.9 Å². The lowest BCUT2D eigenvalue weighted by Gasteiger charge is -2.20. The summed E-state index contributed by atoms with van der Waals surface area (Å²) >= 11 is 0. The van der Waals surface area contributed by atoms with E-state index in [1.54, 1.807) is 25.1 Å². The summed E-state index contributed by atoms with van der Waals surface area (Å²) in [6, 6.07) is 6.97. The topological polar surface area (TPSA) is 43.4 Å². The highest BCUT2D eigenvalue weighted by molar-refractivity contribution is 7.86. The number of hydrogen-bond acceptors (Lipinski definition) is 3. The van der Waals surface area contributed by atoms with Gasteiger partial charge in [0, 0.05) is 0 Å². The standard InChI is InChI=1S/C14H22O3SSi/c1-11-8-6-7-9-12(11)18(15,16)17-14(2)10-13(14)19(3,4)5/h6-9,13H,10H2,1-5H3. The highest BCUT2D eigenvalue weighted by Crippen LogP contribution is 2.58. The molecule has 1 aromatic carbocycles. The van der Waals surface area contributed by atoms with Gasteiger partial charge in [-0.15, -0.1) is 0 Å². The summed E-state index contributed by atoms with van der Waals surface area (Å²) in [4.78, 5) is 0.289. The van der Waals surface area contributed by atoms with E-state index in [1.165, 1.54) is 0 Å². The van der Waals surface area contributed by atoms with Crippen molar-refractivity contribution in [1.29, 1.82) is 0 Å². The van der Waals surface area contributed by atoms with Gasteiger partial charge in [0.15, 0.2) is 0 Å². The van der Waals surface area contributed by atoms with Crippen LogP contribution in [-0.4, -0.2) is 22.1 Å². The fourth-order valence-corrected chi connectivity index (χ4v) is 7.27. The quantitative estimate of drug-likeness (QED) is 0.630. The molecule has 2 atom stereocenters. The minimum absolute atomic E-state index is 0.289. The molecule has 3 nitrogen and oxygen atoms in total. The van der Waals surface area contributed by atoms with E-state index in [0.29, 0.717) is 5.54 Å². The summed E-state index contributed by atoms with van der Waals surface area (Å²) in [5.74, 6) is 0. The van der Waals surface area contributed by atoms with Crippen molar-refractivity contribution in [1.82, 2.24) is 0 Å². The molecule has 0 bridgehead atoms. The lowest BCUT2D eigenvalue weighted by molar-refractivity contribution is 0.207. The largest absolute Gasteiger partial charge is 0.297 e. The summed E-state index contributed by atoms with van der Waals surface area (Å²) in [5, 5.41) is 0. The van der Waals surface area contributed by atoms with Crippen molar-refractivity contribution in [2.75, 3.05) is 0 Å². The molecule has 1 saturated carbocycles. The van der Waals surface area contributed by atoms with E-state index in [4.69, 9.17) is 4.18 Å². The van der Waals surface area contributed by atoms with Gasteiger partial charge in [-0.1, -0.05) is 37.8 Å². The predicted molar refractivity (Wildman–Crippen MR) is 79.6 cm³/mol. The zero-order valence-corrected chi connectivity index (χ0v) is 14.0. The first-order valence-corrected chi connectivity index (χ1v) is 11.6. The summed E-state index contributed by atoms with van der Waals surface area (Å²) < 4.78 is 30.3. The van der Waals surface area contributed by atoms with Crippen LogP contribution in [0, 0.1) is 6.92 Å². The van der Waals surface area contributed by atoms with Crippen molar-refractivity contribution in [2.24, 2.45) is 0 Å².